The zero-order chi connectivity index (χ0) is 12.5. The summed E-state index contributed by atoms with van der Waals surface area (Å²) in [5.41, 5.74) is 10.2. The number of hydrogen-bond acceptors (Lipinski definition) is 2. The Hall–Kier alpha value is -1.80. The quantitative estimate of drug-likeness (QED) is 0.809. The van der Waals surface area contributed by atoms with Crippen LogP contribution in [0.2, 0.25) is 0 Å². The normalized spacial score (nSPS) is 18.8. The van der Waals surface area contributed by atoms with Crippen LogP contribution in [0.15, 0.2) is 48.5 Å². The molecule has 3 rings (SSSR count). The number of aliphatic hydroxyl groups excluding tert-OH is 1. The summed E-state index contributed by atoms with van der Waals surface area (Å²) < 4.78 is 0. The SMILES string of the molecule is Nc1cccc(C(O)CC2Cc3ccccc32)c1. The highest BCUT2D eigenvalue weighted by atomic mass is 16.3. The Morgan fingerprint density at radius 1 is 1.17 bits per heavy atom. The van der Waals surface area contributed by atoms with Crippen molar-refractivity contribution >= 4 is 5.69 Å². The summed E-state index contributed by atoms with van der Waals surface area (Å²) in [4.78, 5) is 0. The van der Waals surface area contributed by atoms with Gasteiger partial charge in [0.15, 0.2) is 0 Å². The maximum atomic E-state index is 10.3. The lowest BCUT2D eigenvalue weighted by Crippen LogP contribution is -2.19. The molecule has 2 aromatic rings. The van der Waals surface area contributed by atoms with Crippen LogP contribution in [0.1, 0.15) is 35.1 Å². The topological polar surface area (TPSA) is 46.2 Å². The van der Waals surface area contributed by atoms with E-state index in [1.54, 1.807) is 0 Å². The van der Waals surface area contributed by atoms with Crippen LogP contribution in [0.3, 0.4) is 0 Å². The molecule has 3 N–H and O–H groups in total. The van der Waals surface area contributed by atoms with Crippen molar-refractivity contribution in [2.24, 2.45) is 0 Å². The lowest BCUT2D eigenvalue weighted by Gasteiger charge is -2.31. The minimum absolute atomic E-state index is 0.424. The minimum atomic E-state index is -0.424. The average molecular weight is 239 g/mol. The molecule has 92 valence electrons. The Bertz CT molecular complexity index is 565. The Kier molecular flexibility index (Phi) is 2.80. The summed E-state index contributed by atoms with van der Waals surface area (Å²) in [5, 5.41) is 10.3. The van der Waals surface area contributed by atoms with E-state index in [1.807, 2.05) is 24.3 Å². The Morgan fingerprint density at radius 3 is 2.78 bits per heavy atom. The third-order valence-corrected chi connectivity index (χ3v) is 3.76. The number of hydrogen-bond donors (Lipinski definition) is 2. The molecule has 0 saturated heterocycles. The highest BCUT2D eigenvalue weighted by molar-refractivity contribution is 5.43. The van der Waals surface area contributed by atoms with E-state index in [-0.39, 0.29) is 0 Å². The first-order valence-corrected chi connectivity index (χ1v) is 6.35. The second kappa shape index (κ2) is 4.46. The molecule has 0 heterocycles. The van der Waals surface area contributed by atoms with Gasteiger partial charge in [-0.25, -0.2) is 0 Å². The van der Waals surface area contributed by atoms with E-state index in [2.05, 4.69) is 24.3 Å². The Morgan fingerprint density at radius 2 is 2.00 bits per heavy atom. The van der Waals surface area contributed by atoms with Crippen LogP contribution in [0.25, 0.3) is 0 Å². The average Bonchev–Trinajstić information content (AvgIpc) is 2.36. The summed E-state index contributed by atoms with van der Waals surface area (Å²) in [6.07, 6.45) is 1.43. The van der Waals surface area contributed by atoms with Crippen molar-refractivity contribution < 1.29 is 5.11 Å². The molecular formula is C16H17NO. The fourth-order valence-corrected chi connectivity index (χ4v) is 2.74. The first-order valence-electron chi connectivity index (χ1n) is 6.35. The number of nitrogen functional groups attached to an aromatic ring is 1. The predicted octanol–water partition coefficient (Wildman–Crippen LogP) is 3.03. The second-order valence-electron chi connectivity index (χ2n) is 5.02. The molecule has 0 fully saturated rings. The van der Waals surface area contributed by atoms with Gasteiger partial charge in [-0.2, -0.15) is 0 Å². The van der Waals surface area contributed by atoms with Crippen molar-refractivity contribution in [3.05, 3.63) is 65.2 Å². The van der Waals surface area contributed by atoms with E-state index in [0.29, 0.717) is 11.6 Å². The predicted molar refractivity (Wildman–Crippen MR) is 73.3 cm³/mol. The van der Waals surface area contributed by atoms with E-state index in [1.165, 1.54) is 11.1 Å². The third-order valence-electron chi connectivity index (χ3n) is 3.76. The molecule has 2 nitrogen and oxygen atoms in total. The van der Waals surface area contributed by atoms with Crippen molar-refractivity contribution in [2.45, 2.75) is 24.9 Å². The van der Waals surface area contributed by atoms with Crippen LogP contribution in [0, 0.1) is 0 Å². The van der Waals surface area contributed by atoms with Gasteiger partial charge < -0.3 is 10.8 Å². The van der Waals surface area contributed by atoms with Gasteiger partial charge in [-0.15, -0.1) is 0 Å². The maximum absolute atomic E-state index is 10.3. The van der Waals surface area contributed by atoms with Crippen molar-refractivity contribution in [3.8, 4) is 0 Å². The molecule has 0 aliphatic heterocycles. The van der Waals surface area contributed by atoms with E-state index in [0.717, 1.165) is 18.4 Å². The smallest absolute Gasteiger partial charge is 0.0796 e. The van der Waals surface area contributed by atoms with E-state index >= 15 is 0 Å². The van der Waals surface area contributed by atoms with Crippen LogP contribution in [-0.4, -0.2) is 5.11 Å². The van der Waals surface area contributed by atoms with E-state index < -0.39 is 6.10 Å². The monoisotopic (exact) mass is 239 g/mol. The molecule has 0 radical (unpaired) electrons. The van der Waals surface area contributed by atoms with Crippen LogP contribution in [-0.2, 0) is 6.42 Å². The standard InChI is InChI=1S/C16H17NO/c17-14-6-3-5-12(9-14)16(18)10-13-8-11-4-1-2-7-15(11)13/h1-7,9,13,16,18H,8,10,17H2. The van der Waals surface area contributed by atoms with Crippen molar-refractivity contribution in [1.82, 2.24) is 0 Å². The zero-order valence-corrected chi connectivity index (χ0v) is 10.2. The number of rotatable bonds is 3. The molecule has 0 aromatic heterocycles. The fourth-order valence-electron chi connectivity index (χ4n) is 2.74. The van der Waals surface area contributed by atoms with E-state index in [4.69, 9.17) is 5.73 Å². The Labute approximate surface area is 107 Å². The number of benzene rings is 2. The molecular weight excluding hydrogens is 222 g/mol. The van der Waals surface area contributed by atoms with Crippen LogP contribution < -0.4 is 5.73 Å². The molecule has 0 spiro atoms. The maximum Gasteiger partial charge on any atom is 0.0796 e. The van der Waals surface area contributed by atoms with Crippen molar-refractivity contribution in [3.63, 3.8) is 0 Å². The van der Waals surface area contributed by atoms with Gasteiger partial charge >= 0.3 is 0 Å². The first kappa shape index (κ1) is 11.3. The molecule has 2 atom stereocenters. The minimum Gasteiger partial charge on any atom is -0.399 e. The van der Waals surface area contributed by atoms with Crippen molar-refractivity contribution in [1.29, 1.82) is 0 Å². The summed E-state index contributed by atoms with van der Waals surface area (Å²) in [7, 11) is 0. The molecule has 0 bridgehead atoms. The first-order chi connectivity index (χ1) is 8.74. The number of anilines is 1. The number of fused-ring (bicyclic) bond motifs is 1. The highest BCUT2D eigenvalue weighted by Crippen LogP contribution is 2.40. The largest absolute Gasteiger partial charge is 0.399 e. The molecule has 1 aliphatic rings. The van der Waals surface area contributed by atoms with Gasteiger partial charge in [0.2, 0.25) is 0 Å². The van der Waals surface area contributed by atoms with Gasteiger partial charge in [0, 0.05) is 5.69 Å². The van der Waals surface area contributed by atoms with Gasteiger partial charge in [0.1, 0.15) is 0 Å². The van der Waals surface area contributed by atoms with Gasteiger partial charge in [0.25, 0.3) is 0 Å². The second-order valence-corrected chi connectivity index (χ2v) is 5.02. The fraction of sp³-hybridized carbons (Fsp3) is 0.250. The highest BCUT2D eigenvalue weighted by Gasteiger charge is 2.27. The lowest BCUT2D eigenvalue weighted by atomic mass is 9.74. The summed E-state index contributed by atoms with van der Waals surface area (Å²) in [6.45, 7) is 0. The number of aliphatic hydroxyl groups is 1. The van der Waals surface area contributed by atoms with Crippen LogP contribution in [0.4, 0.5) is 5.69 Å². The molecule has 2 unspecified atom stereocenters. The molecule has 2 aromatic carbocycles. The summed E-state index contributed by atoms with van der Waals surface area (Å²) in [6, 6.07) is 16.0. The van der Waals surface area contributed by atoms with E-state index in [9.17, 15) is 5.11 Å². The van der Waals surface area contributed by atoms with Gasteiger partial charge in [0.05, 0.1) is 6.10 Å². The molecule has 0 saturated carbocycles. The van der Waals surface area contributed by atoms with Gasteiger partial charge in [-0.1, -0.05) is 36.4 Å². The summed E-state index contributed by atoms with van der Waals surface area (Å²) >= 11 is 0. The van der Waals surface area contributed by atoms with Crippen LogP contribution in [0.5, 0.6) is 0 Å². The molecule has 18 heavy (non-hydrogen) atoms. The van der Waals surface area contributed by atoms with Gasteiger partial charge in [-0.3, -0.25) is 0 Å². The van der Waals surface area contributed by atoms with Gasteiger partial charge in [-0.05, 0) is 47.6 Å². The lowest BCUT2D eigenvalue weighted by molar-refractivity contribution is 0.153. The summed E-state index contributed by atoms with van der Waals surface area (Å²) in [5.74, 6) is 0.484. The molecule has 0 amide bonds. The third kappa shape index (κ3) is 2.00. The number of nitrogens with two attached hydrogens (primary N) is 1. The van der Waals surface area contributed by atoms with Crippen LogP contribution >= 0.6 is 0 Å². The Balaban J connectivity index is 1.72. The van der Waals surface area contributed by atoms with Crippen molar-refractivity contribution in [2.75, 3.05) is 5.73 Å². The molecule has 2 heteroatoms. The molecule has 1 aliphatic carbocycles. The zero-order valence-electron chi connectivity index (χ0n) is 10.2.